The van der Waals surface area contributed by atoms with Crippen molar-refractivity contribution >= 4 is 40.8 Å². The number of aliphatic imine (C=N–C) groups is 1. The molecule has 24 heavy (non-hydrogen) atoms. The highest BCUT2D eigenvalue weighted by Gasteiger charge is 2.34. The second-order valence-corrected chi connectivity index (χ2v) is 6.67. The fourth-order valence-electron chi connectivity index (χ4n) is 3.48. The molecule has 1 saturated carbocycles. The van der Waals surface area contributed by atoms with Gasteiger partial charge in [-0.05, 0) is 42.7 Å². The average Bonchev–Trinajstić information content (AvgIpc) is 2.96. The van der Waals surface area contributed by atoms with Crippen molar-refractivity contribution in [2.75, 3.05) is 20.1 Å². The lowest BCUT2D eigenvalue weighted by molar-refractivity contribution is 0.131. The van der Waals surface area contributed by atoms with E-state index in [1.807, 2.05) is 7.05 Å². The summed E-state index contributed by atoms with van der Waals surface area (Å²) in [6, 6.07) is 8.46. The molecule has 0 aliphatic heterocycles. The molecular weight excluding hydrogens is 411 g/mol. The molecule has 1 aromatic carbocycles. The normalized spacial score (nSPS) is 16.3. The number of para-hydroxylation sites is 1. The highest BCUT2D eigenvalue weighted by molar-refractivity contribution is 14.0. The predicted molar refractivity (Wildman–Crippen MR) is 113 cm³/mol. The van der Waals surface area contributed by atoms with Gasteiger partial charge in [0.15, 0.2) is 5.96 Å². The highest BCUT2D eigenvalue weighted by atomic mass is 127. The third kappa shape index (κ3) is 4.23. The van der Waals surface area contributed by atoms with Crippen molar-refractivity contribution in [3.05, 3.63) is 36.0 Å². The summed E-state index contributed by atoms with van der Waals surface area (Å²) in [7, 11) is 1.85. The minimum Gasteiger partial charge on any atom is -0.361 e. The lowest BCUT2D eigenvalue weighted by Gasteiger charge is -2.41. The summed E-state index contributed by atoms with van der Waals surface area (Å²) in [6.07, 6.45) is 8.44. The number of aromatic amines is 1. The second-order valence-electron chi connectivity index (χ2n) is 6.67. The summed E-state index contributed by atoms with van der Waals surface area (Å²) < 4.78 is 0. The van der Waals surface area contributed by atoms with E-state index in [1.165, 1.54) is 42.1 Å². The Kier molecular flexibility index (Phi) is 6.95. The molecule has 4 nitrogen and oxygen atoms in total. The van der Waals surface area contributed by atoms with Crippen molar-refractivity contribution < 1.29 is 0 Å². The monoisotopic (exact) mass is 440 g/mol. The van der Waals surface area contributed by atoms with E-state index in [-0.39, 0.29) is 24.0 Å². The Labute approximate surface area is 161 Å². The minimum absolute atomic E-state index is 0. The maximum atomic E-state index is 4.35. The van der Waals surface area contributed by atoms with E-state index < -0.39 is 0 Å². The Morgan fingerprint density at radius 2 is 2.04 bits per heavy atom. The fourth-order valence-corrected chi connectivity index (χ4v) is 3.48. The van der Waals surface area contributed by atoms with Crippen molar-refractivity contribution in [1.82, 2.24) is 15.6 Å². The molecule has 3 N–H and O–H groups in total. The molecule has 0 bridgehead atoms. The number of fused-ring (bicyclic) bond motifs is 1. The second kappa shape index (κ2) is 8.74. The molecule has 132 valence electrons. The van der Waals surface area contributed by atoms with Crippen LogP contribution in [0.3, 0.4) is 0 Å². The molecule has 0 radical (unpaired) electrons. The maximum absolute atomic E-state index is 4.35. The molecule has 0 atom stereocenters. The maximum Gasteiger partial charge on any atom is 0.191 e. The van der Waals surface area contributed by atoms with Crippen molar-refractivity contribution in [1.29, 1.82) is 0 Å². The number of aromatic nitrogens is 1. The molecule has 0 amide bonds. The Balaban J connectivity index is 0.00000208. The Morgan fingerprint density at radius 3 is 2.71 bits per heavy atom. The van der Waals surface area contributed by atoms with Gasteiger partial charge < -0.3 is 15.6 Å². The van der Waals surface area contributed by atoms with Gasteiger partial charge in [0.1, 0.15) is 0 Å². The Hall–Kier alpha value is -1.24. The predicted octanol–water partition coefficient (Wildman–Crippen LogP) is 4.07. The molecule has 5 heteroatoms. The van der Waals surface area contributed by atoms with Crippen LogP contribution in [0.1, 0.15) is 38.2 Å². The summed E-state index contributed by atoms with van der Waals surface area (Å²) >= 11 is 0. The van der Waals surface area contributed by atoms with Crippen LogP contribution in [0.5, 0.6) is 0 Å². The zero-order chi connectivity index (χ0) is 16.1. The van der Waals surface area contributed by atoms with Crippen LogP contribution in [0.25, 0.3) is 10.9 Å². The first-order valence-corrected chi connectivity index (χ1v) is 8.76. The van der Waals surface area contributed by atoms with Gasteiger partial charge in [-0.3, -0.25) is 4.99 Å². The highest BCUT2D eigenvalue weighted by Crippen LogP contribution is 2.42. The van der Waals surface area contributed by atoms with Crippen LogP contribution in [-0.2, 0) is 6.42 Å². The molecule has 0 spiro atoms. The first-order chi connectivity index (χ1) is 11.3. The summed E-state index contributed by atoms with van der Waals surface area (Å²) in [6.45, 7) is 4.23. The Morgan fingerprint density at radius 1 is 1.25 bits per heavy atom. The van der Waals surface area contributed by atoms with Crippen LogP contribution in [0.4, 0.5) is 0 Å². The largest absolute Gasteiger partial charge is 0.361 e. The molecule has 1 aliphatic rings. The number of hydrogen-bond acceptors (Lipinski definition) is 1. The van der Waals surface area contributed by atoms with Crippen molar-refractivity contribution in [3.63, 3.8) is 0 Å². The van der Waals surface area contributed by atoms with Gasteiger partial charge in [0, 0.05) is 37.2 Å². The Bertz CT molecular complexity index is 667. The molecule has 2 aromatic rings. The van der Waals surface area contributed by atoms with E-state index in [0.717, 1.165) is 25.5 Å². The first kappa shape index (κ1) is 19.1. The molecule has 1 fully saturated rings. The summed E-state index contributed by atoms with van der Waals surface area (Å²) in [5, 5.41) is 8.27. The van der Waals surface area contributed by atoms with Crippen LogP contribution < -0.4 is 10.6 Å². The summed E-state index contributed by atoms with van der Waals surface area (Å²) in [4.78, 5) is 7.69. The van der Waals surface area contributed by atoms with Crippen LogP contribution >= 0.6 is 24.0 Å². The fraction of sp³-hybridized carbons (Fsp3) is 0.526. The number of benzene rings is 1. The number of hydrogen-bond donors (Lipinski definition) is 3. The summed E-state index contributed by atoms with van der Waals surface area (Å²) in [5.74, 6) is 0.921. The molecule has 1 aliphatic carbocycles. The van der Waals surface area contributed by atoms with E-state index >= 15 is 0 Å². The van der Waals surface area contributed by atoms with Gasteiger partial charge in [-0.25, -0.2) is 0 Å². The van der Waals surface area contributed by atoms with Crippen molar-refractivity contribution in [2.24, 2.45) is 10.4 Å². The number of guanidine groups is 1. The van der Waals surface area contributed by atoms with Crippen LogP contribution in [0.2, 0.25) is 0 Å². The van der Waals surface area contributed by atoms with Gasteiger partial charge in [-0.15, -0.1) is 24.0 Å². The van der Waals surface area contributed by atoms with Crippen LogP contribution in [0, 0.1) is 5.41 Å². The van der Waals surface area contributed by atoms with Gasteiger partial charge in [-0.1, -0.05) is 31.5 Å². The van der Waals surface area contributed by atoms with Crippen LogP contribution in [0.15, 0.2) is 35.5 Å². The van der Waals surface area contributed by atoms with Gasteiger partial charge in [0.2, 0.25) is 0 Å². The molecule has 1 heterocycles. The molecule has 0 unspecified atom stereocenters. The lowest BCUT2D eigenvalue weighted by Crippen LogP contribution is -2.46. The number of nitrogens with zero attached hydrogens (tertiary/aromatic N) is 1. The third-order valence-electron chi connectivity index (χ3n) is 5.38. The number of H-pyrrole nitrogens is 1. The SMILES string of the molecule is CCC1(CNC(=NC)NCCc2c[nH]c3ccccc23)CCC1.I. The van der Waals surface area contributed by atoms with Crippen molar-refractivity contribution in [3.8, 4) is 0 Å². The van der Waals surface area contributed by atoms with E-state index in [0.29, 0.717) is 5.41 Å². The van der Waals surface area contributed by atoms with Crippen molar-refractivity contribution in [2.45, 2.75) is 39.0 Å². The minimum atomic E-state index is 0. The zero-order valence-corrected chi connectivity index (χ0v) is 17.0. The standard InChI is InChI=1S/C19H28N4.HI/c1-3-19(10-6-11-19)14-23-18(20-2)21-12-9-15-13-22-17-8-5-4-7-16(15)17;/h4-5,7-8,13,22H,3,6,9-12,14H2,1-2H3,(H2,20,21,23);1H. The van der Waals surface area contributed by atoms with Gasteiger partial charge in [0.25, 0.3) is 0 Å². The quantitative estimate of drug-likeness (QED) is 0.360. The topological polar surface area (TPSA) is 52.2 Å². The third-order valence-corrected chi connectivity index (χ3v) is 5.38. The van der Waals surface area contributed by atoms with Gasteiger partial charge in [-0.2, -0.15) is 0 Å². The average molecular weight is 440 g/mol. The molecule has 0 saturated heterocycles. The number of halogens is 1. The van der Waals surface area contributed by atoms with Gasteiger partial charge in [0.05, 0.1) is 0 Å². The lowest BCUT2D eigenvalue weighted by atomic mass is 9.67. The smallest absolute Gasteiger partial charge is 0.191 e. The number of nitrogens with one attached hydrogen (secondary N) is 3. The molecular formula is C19H29IN4. The van der Waals surface area contributed by atoms with Crippen LogP contribution in [-0.4, -0.2) is 31.1 Å². The van der Waals surface area contributed by atoms with E-state index in [2.05, 4.69) is 58.0 Å². The number of rotatable bonds is 6. The van der Waals surface area contributed by atoms with Gasteiger partial charge >= 0.3 is 0 Å². The first-order valence-electron chi connectivity index (χ1n) is 8.76. The van der Waals surface area contributed by atoms with E-state index in [9.17, 15) is 0 Å². The summed E-state index contributed by atoms with van der Waals surface area (Å²) in [5.41, 5.74) is 3.07. The van der Waals surface area contributed by atoms with E-state index in [1.54, 1.807) is 0 Å². The molecule has 3 rings (SSSR count). The molecule has 1 aromatic heterocycles. The zero-order valence-electron chi connectivity index (χ0n) is 14.7. The van der Waals surface area contributed by atoms with E-state index in [4.69, 9.17) is 0 Å².